The van der Waals surface area contributed by atoms with Gasteiger partial charge in [0.2, 0.25) is 0 Å². The summed E-state index contributed by atoms with van der Waals surface area (Å²) < 4.78 is 0. The molecule has 4 N–H and O–H groups in total. The first-order valence-electron chi connectivity index (χ1n) is 4.77. The fraction of sp³-hybridized carbons (Fsp3) is 0.455. The van der Waals surface area contributed by atoms with E-state index >= 15 is 0 Å². The Labute approximate surface area is 93.1 Å². The number of thiol groups is 1. The summed E-state index contributed by atoms with van der Waals surface area (Å²) in [5.41, 5.74) is 13.3. The zero-order valence-electron chi connectivity index (χ0n) is 9.54. The molecule has 0 atom stereocenters. The van der Waals surface area contributed by atoms with Gasteiger partial charge in [-0.1, -0.05) is 26.0 Å². The smallest absolute Gasteiger partial charge is 0.0346 e. The van der Waals surface area contributed by atoms with Gasteiger partial charge in [0.25, 0.3) is 0 Å². The van der Waals surface area contributed by atoms with E-state index in [1.165, 1.54) is 12.6 Å². The zero-order valence-corrected chi connectivity index (χ0v) is 10.4. The molecular weight excluding hydrogens is 192 g/mol. The minimum absolute atomic E-state index is 0.754. The predicted octanol–water partition coefficient (Wildman–Crippen LogP) is 2.61. The molecular formula is C11H22N2S. The fourth-order valence-electron chi connectivity index (χ4n) is 0.788. The summed E-state index contributed by atoms with van der Waals surface area (Å²) >= 11 is 4.14. The third-order valence-electron chi connectivity index (χ3n) is 1.53. The lowest BCUT2D eigenvalue weighted by Gasteiger charge is -2.00. The standard InChI is InChI=1S/C8H11NS.C2H6.CH5N/c1-6-2-3-7(5-10)4-8(6)9;2*1-2/h2-4,10H,5,9H2,1H3;1-2H3;2H2,1H3. The number of rotatable bonds is 1. The fourth-order valence-corrected chi connectivity index (χ4v) is 0.985. The SMILES string of the molecule is CC.CN.Cc1ccc(CS)cc1N. The van der Waals surface area contributed by atoms with E-state index in [2.05, 4.69) is 18.4 Å². The monoisotopic (exact) mass is 214 g/mol. The Morgan fingerprint density at radius 2 is 1.71 bits per heavy atom. The van der Waals surface area contributed by atoms with Crippen LogP contribution in [0.5, 0.6) is 0 Å². The average molecular weight is 214 g/mol. The van der Waals surface area contributed by atoms with Crippen LogP contribution < -0.4 is 11.5 Å². The summed E-state index contributed by atoms with van der Waals surface area (Å²) in [4.78, 5) is 0. The van der Waals surface area contributed by atoms with Gasteiger partial charge >= 0.3 is 0 Å². The van der Waals surface area contributed by atoms with Gasteiger partial charge in [-0.05, 0) is 31.2 Å². The van der Waals surface area contributed by atoms with E-state index in [1.54, 1.807) is 0 Å². The topological polar surface area (TPSA) is 52.0 Å². The first kappa shape index (κ1) is 15.8. The summed E-state index contributed by atoms with van der Waals surface area (Å²) in [5, 5.41) is 0. The lowest BCUT2D eigenvalue weighted by molar-refractivity contribution is 1.38. The Kier molecular flexibility index (Phi) is 11.7. The molecule has 0 aliphatic carbocycles. The second kappa shape index (κ2) is 10.4. The maximum atomic E-state index is 5.66. The van der Waals surface area contributed by atoms with Gasteiger partial charge in [0.15, 0.2) is 0 Å². The average Bonchev–Trinajstić information content (AvgIpc) is 2.28. The van der Waals surface area contributed by atoms with E-state index in [0.717, 1.165) is 17.0 Å². The van der Waals surface area contributed by atoms with Crippen molar-refractivity contribution in [3.8, 4) is 0 Å². The Bertz CT molecular complexity index is 237. The molecule has 82 valence electrons. The molecule has 0 saturated carbocycles. The van der Waals surface area contributed by atoms with E-state index in [9.17, 15) is 0 Å². The quantitative estimate of drug-likeness (QED) is 0.497. The van der Waals surface area contributed by atoms with E-state index in [-0.39, 0.29) is 0 Å². The lowest BCUT2D eigenvalue weighted by Crippen LogP contribution is -1.90. The summed E-state index contributed by atoms with van der Waals surface area (Å²) in [5.74, 6) is 0.754. The first-order valence-corrected chi connectivity index (χ1v) is 5.41. The van der Waals surface area contributed by atoms with E-state index in [4.69, 9.17) is 5.73 Å². The van der Waals surface area contributed by atoms with Gasteiger partial charge in [-0.3, -0.25) is 0 Å². The normalized spacial score (nSPS) is 7.86. The largest absolute Gasteiger partial charge is 0.399 e. The van der Waals surface area contributed by atoms with Gasteiger partial charge in [0.1, 0.15) is 0 Å². The van der Waals surface area contributed by atoms with E-state index < -0.39 is 0 Å². The molecule has 0 fully saturated rings. The van der Waals surface area contributed by atoms with Crippen molar-refractivity contribution in [2.24, 2.45) is 5.73 Å². The molecule has 0 bridgehead atoms. The van der Waals surface area contributed by atoms with E-state index in [0.29, 0.717) is 0 Å². The Morgan fingerprint density at radius 1 is 1.21 bits per heavy atom. The number of hydrogen-bond acceptors (Lipinski definition) is 3. The van der Waals surface area contributed by atoms with Gasteiger partial charge < -0.3 is 11.5 Å². The summed E-state index contributed by atoms with van der Waals surface area (Å²) in [6.07, 6.45) is 0. The molecule has 0 radical (unpaired) electrons. The molecule has 0 aliphatic rings. The van der Waals surface area contributed by atoms with E-state index in [1.807, 2.05) is 39.0 Å². The van der Waals surface area contributed by atoms with Gasteiger partial charge in [-0.15, -0.1) is 0 Å². The Morgan fingerprint density at radius 3 is 2.07 bits per heavy atom. The van der Waals surface area contributed by atoms with Gasteiger partial charge in [0, 0.05) is 11.4 Å². The Balaban J connectivity index is 0. The van der Waals surface area contributed by atoms with Crippen LogP contribution in [0.15, 0.2) is 18.2 Å². The van der Waals surface area contributed by atoms with Crippen molar-refractivity contribution in [2.75, 3.05) is 12.8 Å². The van der Waals surface area contributed by atoms with Crippen molar-refractivity contribution in [3.05, 3.63) is 29.3 Å². The molecule has 3 heteroatoms. The second-order valence-corrected chi connectivity index (χ2v) is 2.67. The predicted molar refractivity (Wildman–Crippen MR) is 69.7 cm³/mol. The molecule has 0 spiro atoms. The molecule has 1 aromatic rings. The molecule has 2 nitrogen and oxygen atoms in total. The van der Waals surface area contributed by atoms with Crippen molar-refractivity contribution in [1.29, 1.82) is 0 Å². The van der Waals surface area contributed by atoms with Crippen molar-refractivity contribution >= 4 is 18.3 Å². The number of anilines is 1. The van der Waals surface area contributed by atoms with Crippen molar-refractivity contribution in [2.45, 2.75) is 26.5 Å². The van der Waals surface area contributed by atoms with Crippen molar-refractivity contribution in [3.63, 3.8) is 0 Å². The number of hydrogen-bond donors (Lipinski definition) is 3. The van der Waals surface area contributed by atoms with Crippen LogP contribution in [-0.2, 0) is 5.75 Å². The molecule has 0 heterocycles. The highest BCUT2D eigenvalue weighted by Gasteiger charge is 1.93. The van der Waals surface area contributed by atoms with Crippen LogP contribution >= 0.6 is 12.6 Å². The summed E-state index contributed by atoms with van der Waals surface area (Å²) in [7, 11) is 1.50. The first-order chi connectivity index (χ1) is 6.74. The zero-order chi connectivity index (χ0) is 11.6. The number of nitrogens with two attached hydrogens (primary N) is 2. The maximum absolute atomic E-state index is 5.66. The number of nitrogen functional groups attached to an aromatic ring is 1. The third kappa shape index (κ3) is 5.89. The minimum atomic E-state index is 0.754. The molecule has 1 aromatic carbocycles. The Hall–Kier alpha value is -0.670. The van der Waals surface area contributed by atoms with Crippen LogP contribution in [0, 0.1) is 6.92 Å². The van der Waals surface area contributed by atoms with Crippen LogP contribution in [0.3, 0.4) is 0 Å². The molecule has 0 aromatic heterocycles. The molecule has 0 unspecified atom stereocenters. The van der Waals surface area contributed by atoms with Gasteiger partial charge in [-0.2, -0.15) is 12.6 Å². The molecule has 0 saturated heterocycles. The maximum Gasteiger partial charge on any atom is 0.0346 e. The minimum Gasteiger partial charge on any atom is -0.399 e. The molecule has 1 rings (SSSR count). The highest BCUT2D eigenvalue weighted by Crippen LogP contribution is 2.13. The van der Waals surface area contributed by atoms with Crippen LogP contribution in [0.4, 0.5) is 5.69 Å². The van der Waals surface area contributed by atoms with Crippen LogP contribution in [0.2, 0.25) is 0 Å². The third-order valence-corrected chi connectivity index (χ3v) is 1.89. The van der Waals surface area contributed by atoms with Crippen LogP contribution in [-0.4, -0.2) is 7.05 Å². The number of benzene rings is 1. The van der Waals surface area contributed by atoms with Crippen molar-refractivity contribution in [1.82, 2.24) is 0 Å². The van der Waals surface area contributed by atoms with Gasteiger partial charge in [-0.25, -0.2) is 0 Å². The molecule has 0 aliphatic heterocycles. The van der Waals surface area contributed by atoms with Crippen LogP contribution in [0.1, 0.15) is 25.0 Å². The highest BCUT2D eigenvalue weighted by molar-refractivity contribution is 7.79. The second-order valence-electron chi connectivity index (χ2n) is 2.35. The summed E-state index contributed by atoms with van der Waals surface area (Å²) in [6, 6.07) is 6.02. The van der Waals surface area contributed by atoms with Crippen molar-refractivity contribution < 1.29 is 0 Å². The van der Waals surface area contributed by atoms with Crippen LogP contribution in [0.25, 0.3) is 0 Å². The molecule has 0 amide bonds. The number of aryl methyl sites for hydroxylation is 1. The summed E-state index contributed by atoms with van der Waals surface area (Å²) in [6.45, 7) is 6.00. The lowest BCUT2D eigenvalue weighted by atomic mass is 10.1. The highest BCUT2D eigenvalue weighted by atomic mass is 32.1. The van der Waals surface area contributed by atoms with Gasteiger partial charge in [0.05, 0.1) is 0 Å². The molecule has 14 heavy (non-hydrogen) atoms.